The predicted molar refractivity (Wildman–Crippen MR) is 73.2 cm³/mol. The van der Waals surface area contributed by atoms with Gasteiger partial charge in [-0.3, -0.25) is 14.5 Å². The number of imide groups is 1. The summed E-state index contributed by atoms with van der Waals surface area (Å²) in [6.45, 7) is 0.315. The molecule has 0 aliphatic carbocycles. The van der Waals surface area contributed by atoms with Gasteiger partial charge in [-0.2, -0.15) is 0 Å². The number of hydrogen-bond acceptors (Lipinski definition) is 2. The lowest BCUT2D eigenvalue weighted by atomic mass is 10.1. The maximum Gasteiger partial charge on any atom is 0.233 e. The highest BCUT2D eigenvalue weighted by molar-refractivity contribution is 5.87. The third-order valence-corrected chi connectivity index (χ3v) is 2.84. The Labute approximate surface area is 112 Å². The molecule has 0 heterocycles. The molecule has 2 rings (SSSR count). The molecule has 96 valence electrons. The van der Waals surface area contributed by atoms with Crippen molar-refractivity contribution in [2.24, 2.45) is 0 Å². The van der Waals surface area contributed by atoms with Crippen LogP contribution in [0.5, 0.6) is 0 Å². The van der Waals surface area contributed by atoms with E-state index in [2.05, 4.69) is 0 Å². The molecule has 0 aliphatic heterocycles. The maximum absolute atomic E-state index is 12.0. The number of rotatable bonds is 5. The molecule has 0 bridgehead atoms. The van der Waals surface area contributed by atoms with Gasteiger partial charge in [0.15, 0.2) is 0 Å². The highest BCUT2D eigenvalue weighted by atomic mass is 16.2. The van der Waals surface area contributed by atoms with Crippen LogP contribution in [0.1, 0.15) is 11.1 Å². The number of amides is 2. The smallest absolute Gasteiger partial charge is 0.233 e. The van der Waals surface area contributed by atoms with Crippen LogP contribution in [0.2, 0.25) is 0 Å². The van der Waals surface area contributed by atoms with Gasteiger partial charge in [-0.15, -0.1) is 0 Å². The monoisotopic (exact) mass is 253 g/mol. The Morgan fingerprint density at radius 1 is 0.895 bits per heavy atom. The van der Waals surface area contributed by atoms with Gasteiger partial charge in [0.1, 0.15) is 0 Å². The fraction of sp³-hybridized carbons (Fsp3) is 0.125. The fourth-order valence-corrected chi connectivity index (χ4v) is 1.84. The van der Waals surface area contributed by atoms with Crippen LogP contribution < -0.4 is 0 Å². The van der Waals surface area contributed by atoms with Crippen LogP contribution in [0.4, 0.5) is 0 Å². The van der Waals surface area contributed by atoms with E-state index in [1.54, 1.807) is 0 Å². The van der Waals surface area contributed by atoms with Crippen LogP contribution in [0.25, 0.3) is 0 Å². The standard InChI is InChI=1S/C16H15NO2/c18-13-17(12-15-9-5-2-6-10-15)16(19)11-14-7-3-1-4-8-14/h1-10,13H,11-12H2. The molecule has 0 atom stereocenters. The molecular weight excluding hydrogens is 238 g/mol. The van der Waals surface area contributed by atoms with Crippen molar-refractivity contribution in [2.45, 2.75) is 13.0 Å². The molecule has 0 saturated carbocycles. The molecule has 0 aromatic heterocycles. The minimum atomic E-state index is -0.190. The summed E-state index contributed by atoms with van der Waals surface area (Å²) in [5.74, 6) is -0.190. The quantitative estimate of drug-likeness (QED) is 0.767. The highest BCUT2D eigenvalue weighted by Gasteiger charge is 2.13. The molecule has 2 amide bonds. The van der Waals surface area contributed by atoms with E-state index < -0.39 is 0 Å². The average molecular weight is 253 g/mol. The second-order valence-electron chi connectivity index (χ2n) is 4.28. The van der Waals surface area contributed by atoms with E-state index in [9.17, 15) is 9.59 Å². The van der Waals surface area contributed by atoms with E-state index in [4.69, 9.17) is 0 Å². The van der Waals surface area contributed by atoms with Gasteiger partial charge in [0.05, 0.1) is 13.0 Å². The lowest BCUT2D eigenvalue weighted by Crippen LogP contribution is -2.30. The number of hydrogen-bond donors (Lipinski definition) is 0. The zero-order valence-corrected chi connectivity index (χ0v) is 10.5. The SMILES string of the molecule is O=CN(Cc1ccccc1)C(=O)Cc1ccccc1. The first-order chi connectivity index (χ1) is 9.29. The zero-order valence-electron chi connectivity index (χ0n) is 10.5. The third-order valence-electron chi connectivity index (χ3n) is 2.84. The second kappa shape index (κ2) is 6.50. The summed E-state index contributed by atoms with van der Waals surface area (Å²) in [4.78, 5) is 24.3. The van der Waals surface area contributed by atoms with Crippen LogP contribution >= 0.6 is 0 Å². The largest absolute Gasteiger partial charge is 0.280 e. The van der Waals surface area contributed by atoms with Crippen molar-refractivity contribution in [3.8, 4) is 0 Å². The Bertz CT molecular complexity index is 537. The average Bonchev–Trinajstić information content (AvgIpc) is 2.47. The summed E-state index contributed by atoms with van der Waals surface area (Å²) >= 11 is 0. The minimum absolute atomic E-state index is 0.190. The van der Waals surface area contributed by atoms with Gasteiger partial charge in [0.25, 0.3) is 0 Å². The van der Waals surface area contributed by atoms with Crippen molar-refractivity contribution in [3.63, 3.8) is 0 Å². The molecule has 3 heteroatoms. The lowest BCUT2D eigenvalue weighted by Gasteiger charge is -2.15. The maximum atomic E-state index is 12.0. The van der Waals surface area contributed by atoms with Gasteiger partial charge in [-0.25, -0.2) is 0 Å². The fourth-order valence-electron chi connectivity index (χ4n) is 1.84. The van der Waals surface area contributed by atoms with Crippen LogP contribution in [0.3, 0.4) is 0 Å². The predicted octanol–water partition coefficient (Wildman–Crippen LogP) is 2.41. The molecule has 2 aromatic rings. The summed E-state index contributed by atoms with van der Waals surface area (Å²) in [7, 11) is 0. The van der Waals surface area contributed by atoms with E-state index >= 15 is 0 Å². The normalized spacial score (nSPS) is 9.89. The second-order valence-corrected chi connectivity index (χ2v) is 4.28. The van der Waals surface area contributed by atoms with Gasteiger partial charge in [-0.1, -0.05) is 60.7 Å². The lowest BCUT2D eigenvalue weighted by molar-refractivity contribution is -0.138. The van der Waals surface area contributed by atoms with Crippen LogP contribution in [-0.2, 0) is 22.6 Å². The first-order valence-electron chi connectivity index (χ1n) is 6.12. The number of nitrogens with zero attached hydrogens (tertiary/aromatic N) is 1. The summed E-state index contributed by atoms with van der Waals surface area (Å²) in [6, 6.07) is 18.9. The molecule has 0 unspecified atom stereocenters. The molecule has 3 nitrogen and oxygen atoms in total. The minimum Gasteiger partial charge on any atom is -0.280 e. The van der Waals surface area contributed by atoms with Crippen molar-refractivity contribution in [1.29, 1.82) is 0 Å². The van der Waals surface area contributed by atoms with Crippen molar-refractivity contribution >= 4 is 12.3 Å². The van der Waals surface area contributed by atoms with Crippen LogP contribution in [0.15, 0.2) is 60.7 Å². The molecule has 19 heavy (non-hydrogen) atoms. The summed E-state index contributed by atoms with van der Waals surface area (Å²) in [5.41, 5.74) is 1.85. The van der Waals surface area contributed by atoms with Crippen molar-refractivity contribution in [3.05, 3.63) is 71.8 Å². The van der Waals surface area contributed by atoms with Gasteiger partial charge in [0, 0.05) is 0 Å². The molecule has 0 aliphatic rings. The van der Waals surface area contributed by atoms with Gasteiger partial charge in [-0.05, 0) is 11.1 Å². The Kier molecular flexibility index (Phi) is 4.45. The Morgan fingerprint density at radius 3 is 1.95 bits per heavy atom. The molecule has 0 fully saturated rings. The van der Waals surface area contributed by atoms with Crippen molar-refractivity contribution < 1.29 is 9.59 Å². The van der Waals surface area contributed by atoms with E-state index in [1.807, 2.05) is 60.7 Å². The van der Waals surface area contributed by atoms with Crippen LogP contribution in [0, 0.1) is 0 Å². The first-order valence-corrected chi connectivity index (χ1v) is 6.12. The summed E-state index contributed by atoms with van der Waals surface area (Å²) < 4.78 is 0. The van der Waals surface area contributed by atoms with Crippen molar-refractivity contribution in [1.82, 2.24) is 4.90 Å². The van der Waals surface area contributed by atoms with E-state index in [-0.39, 0.29) is 12.3 Å². The molecule has 2 aromatic carbocycles. The first kappa shape index (κ1) is 13.0. The number of carbonyl (C=O) groups excluding carboxylic acids is 2. The topological polar surface area (TPSA) is 37.4 Å². The molecular formula is C16H15NO2. The summed E-state index contributed by atoms with van der Waals surface area (Å²) in [5, 5.41) is 0. The van der Waals surface area contributed by atoms with E-state index in [0.717, 1.165) is 11.1 Å². The van der Waals surface area contributed by atoms with Gasteiger partial charge >= 0.3 is 0 Å². The number of carbonyl (C=O) groups is 2. The van der Waals surface area contributed by atoms with Crippen LogP contribution in [-0.4, -0.2) is 17.2 Å². The van der Waals surface area contributed by atoms with Gasteiger partial charge in [0.2, 0.25) is 12.3 Å². The van der Waals surface area contributed by atoms with Crippen molar-refractivity contribution in [2.75, 3.05) is 0 Å². The molecule has 0 spiro atoms. The van der Waals surface area contributed by atoms with E-state index in [1.165, 1.54) is 4.90 Å². The number of benzene rings is 2. The molecule has 0 N–H and O–H groups in total. The van der Waals surface area contributed by atoms with E-state index in [0.29, 0.717) is 13.0 Å². The molecule has 0 saturated heterocycles. The third kappa shape index (κ3) is 3.78. The zero-order chi connectivity index (χ0) is 13.5. The highest BCUT2D eigenvalue weighted by Crippen LogP contribution is 2.06. The molecule has 0 radical (unpaired) electrons. The summed E-state index contributed by atoms with van der Waals surface area (Å²) in [6.07, 6.45) is 0.838. The van der Waals surface area contributed by atoms with Gasteiger partial charge < -0.3 is 0 Å². The Balaban J connectivity index is 2.02. The Morgan fingerprint density at radius 2 is 1.42 bits per heavy atom. The Hall–Kier alpha value is -2.42.